The first-order valence-electron chi connectivity index (χ1n) is 5.92. The van der Waals surface area contributed by atoms with Gasteiger partial charge in [0.15, 0.2) is 0 Å². The molecule has 1 amide bonds. The van der Waals surface area contributed by atoms with Crippen molar-refractivity contribution in [1.82, 2.24) is 10.2 Å². The van der Waals surface area contributed by atoms with Gasteiger partial charge >= 0.3 is 0 Å². The Labute approximate surface area is 99.2 Å². The molecule has 1 saturated carbocycles. The Morgan fingerprint density at radius 1 is 1.50 bits per heavy atom. The molecule has 0 radical (unpaired) electrons. The third-order valence-electron chi connectivity index (χ3n) is 3.81. The molecule has 2 unspecified atom stereocenters. The minimum absolute atomic E-state index is 0.0577. The smallest absolute Gasteiger partial charge is 0.243 e. The van der Waals surface area contributed by atoms with Crippen LogP contribution in [0.4, 0.5) is 0 Å². The summed E-state index contributed by atoms with van der Waals surface area (Å²) in [6.07, 6.45) is 5.91. The predicted octanol–water partition coefficient (Wildman–Crippen LogP) is 0.455. The maximum Gasteiger partial charge on any atom is 0.243 e. The van der Waals surface area contributed by atoms with E-state index in [9.17, 15) is 9.00 Å². The van der Waals surface area contributed by atoms with Gasteiger partial charge in [0.05, 0.1) is 12.2 Å². The zero-order valence-electron chi connectivity index (χ0n) is 9.99. The van der Waals surface area contributed by atoms with Crippen LogP contribution < -0.4 is 5.32 Å². The van der Waals surface area contributed by atoms with Crippen LogP contribution >= 0.6 is 0 Å². The molecule has 2 atom stereocenters. The first-order chi connectivity index (χ1) is 7.55. The number of carbonyl (C=O) groups excluding carboxylic acids is 1. The summed E-state index contributed by atoms with van der Waals surface area (Å²) in [4.78, 5) is 14.1. The average Bonchev–Trinajstić information content (AvgIpc) is 2.82. The summed E-state index contributed by atoms with van der Waals surface area (Å²) in [5, 5.41) is 3.41. The molecule has 0 aromatic rings. The zero-order valence-corrected chi connectivity index (χ0v) is 10.8. The summed E-state index contributed by atoms with van der Waals surface area (Å²) in [6, 6.07) is 0. The molecule has 2 fully saturated rings. The number of carbonyl (C=O) groups is 1. The minimum Gasteiger partial charge on any atom is -0.327 e. The van der Waals surface area contributed by atoms with Crippen LogP contribution in [0.1, 0.15) is 32.6 Å². The number of hydrogen-bond donors (Lipinski definition) is 1. The summed E-state index contributed by atoms with van der Waals surface area (Å²) >= 11 is 0. The maximum absolute atomic E-state index is 12.3. The topological polar surface area (TPSA) is 49.4 Å². The molecule has 1 N–H and O–H groups in total. The number of nitrogens with one attached hydrogen (secondary N) is 1. The van der Waals surface area contributed by atoms with E-state index in [0.29, 0.717) is 13.2 Å². The highest BCUT2D eigenvalue weighted by atomic mass is 32.2. The van der Waals surface area contributed by atoms with Crippen molar-refractivity contribution in [1.29, 1.82) is 0 Å². The Morgan fingerprint density at radius 3 is 2.69 bits per heavy atom. The summed E-state index contributed by atoms with van der Waals surface area (Å²) in [6.45, 7) is 3.17. The predicted molar refractivity (Wildman–Crippen MR) is 64.4 cm³/mol. The standard InChI is InChI=1S/C11H20N2O2S/c1-9(16(2)15)7-13-8-12-11(10(13)14)5-3-4-6-11/h9,12H,3-8H2,1-2H3. The molecule has 5 heteroatoms. The maximum atomic E-state index is 12.3. The lowest BCUT2D eigenvalue weighted by Crippen LogP contribution is -2.44. The van der Waals surface area contributed by atoms with Crippen LogP contribution in [0.15, 0.2) is 0 Å². The lowest BCUT2D eigenvalue weighted by atomic mass is 9.98. The van der Waals surface area contributed by atoms with Crippen LogP contribution in [0.25, 0.3) is 0 Å². The fourth-order valence-electron chi connectivity index (χ4n) is 2.63. The number of nitrogens with zero attached hydrogens (tertiary/aromatic N) is 1. The van der Waals surface area contributed by atoms with Crippen LogP contribution in [0.2, 0.25) is 0 Å². The van der Waals surface area contributed by atoms with E-state index in [0.717, 1.165) is 25.7 Å². The van der Waals surface area contributed by atoms with E-state index in [1.807, 2.05) is 11.8 Å². The number of rotatable bonds is 3. The average molecular weight is 244 g/mol. The van der Waals surface area contributed by atoms with Crippen LogP contribution in [0, 0.1) is 0 Å². The van der Waals surface area contributed by atoms with Crippen LogP contribution in [-0.4, -0.2) is 45.3 Å². The second-order valence-corrected chi connectivity index (χ2v) is 6.76. The van der Waals surface area contributed by atoms with Crippen LogP contribution in [0.3, 0.4) is 0 Å². The Morgan fingerprint density at radius 2 is 2.12 bits per heavy atom. The molecule has 1 aliphatic heterocycles. The second kappa shape index (κ2) is 4.45. The number of amides is 1. The molecule has 1 saturated heterocycles. The molecule has 0 bridgehead atoms. The van der Waals surface area contributed by atoms with Gasteiger partial charge < -0.3 is 4.90 Å². The van der Waals surface area contributed by atoms with Crippen molar-refractivity contribution in [2.45, 2.75) is 43.4 Å². The molecular formula is C11H20N2O2S. The minimum atomic E-state index is -0.856. The summed E-state index contributed by atoms with van der Waals surface area (Å²) in [7, 11) is -0.856. The molecule has 0 aromatic heterocycles. The fourth-order valence-corrected chi connectivity index (χ4v) is 3.02. The third-order valence-corrected chi connectivity index (χ3v) is 5.09. The molecule has 1 heterocycles. The van der Waals surface area contributed by atoms with E-state index in [1.54, 1.807) is 6.26 Å². The Kier molecular flexibility index (Phi) is 3.35. The highest BCUT2D eigenvalue weighted by Crippen LogP contribution is 2.34. The van der Waals surface area contributed by atoms with Crippen LogP contribution in [-0.2, 0) is 15.6 Å². The first kappa shape index (κ1) is 12.0. The highest BCUT2D eigenvalue weighted by molar-refractivity contribution is 7.84. The summed E-state index contributed by atoms with van der Waals surface area (Å²) in [5.74, 6) is 0.224. The van der Waals surface area contributed by atoms with Crippen LogP contribution in [0.5, 0.6) is 0 Å². The van der Waals surface area contributed by atoms with E-state index in [4.69, 9.17) is 0 Å². The zero-order chi connectivity index (χ0) is 11.8. The molecule has 0 aromatic carbocycles. The Balaban J connectivity index is 1.99. The number of hydrogen-bond acceptors (Lipinski definition) is 3. The normalized spacial score (nSPS) is 27.6. The van der Waals surface area contributed by atoms with Crippen molar-refractivity contribution in [3.8, 4) is 0 Å². The van der Waals surface area contributed by atoms with E-state index >= 15 is 0 Å². The molecule has 1 spiro atoms. The van der Waals surface area contributed by atoms with E-state index in [1.165, 1.54) is 0 Å². The first-order valence-corrected chi connectivity index (χ1v) is 7.54. The highest BCUT2D eigenvalue weighted by Gasteiger charge is 2.47. The third kappa shape index (κ3) is 2.02. The second-order valence-electron chi connectivity index (χ2n) is 4.96. The largest absolute Gasteiger partial charge is 0.327 e. The van der Waals surface area contributed by atoms with Crippen molar-refractivity contribution in [3.05, 3.63) is 0 Å². The van der Waals surface area contributed by atoms with Gasteiger partial charge in [-0.1, -0.05) is 12.8 Å². The lowest BCUT2D eigenvalue weighted by Gasteiger charge is -2.23. The molecule has 2 rings (SSSR count). The molecule has 16 heavy (non-hydrogen) atoms. The van der Waals surface area contributed by atoms with E-state index in [2.05, 4.69) is 5.32 Å². The van der Waals surface area contributed by atoms with Crippen molar-refractivity contribution in [2.75, 3.05) is 19.5 Å². The van der Waals surface area contributed by atoms with Gasteiger partial charge in [-0.2, -0.15) is 0 Å². The monoisotopic (exact) mass is 244 g/mol. The van der Waals surface area contributed by atoms with Gasteiger partial charge in [0.1, 0.15) is 0 Å². The Bertz CT molecular complexity index is 313. The van der Waals surface area contributed by atoms with Crippen molar-refractivity contribution in [3.63, 3.8) is 0 Å². The quantitative estimate of drug-likeness (QED) is 0.784. The van der Waals surface area contributed by atoms with Gasteiger partial charge in [0.25, 0.3) is 0 Å². The van der Waals surface area contributed by atoms with Crippen molar-refractivity contribution >= 4 is 16.7 Å². The van der Waals surface area contributed by atoms with Gasteiger partial charge in [-0.25, -0.2) is 0 Å². The fraction of sp³-hybridized carbons (Fsp3) is 0.909. The molecule has 2 aliphatic rings. The summed E-state index contributed by atoms with van der Waals surface area (Å²) in [5.41, 5.74) is -0.269. The summed E-state index contributed by atoms with van der Waals surface area (Å²) < 4.78 is 11.3. The SMILES string of the molecule is CC(CN1CNC2(CCCC2)C1=O)S(C)=O. The van der Waals surface area contributed by atoms with Crippen molar-refractivity contribution < 1.29 is 9.00 Å². The molecule has 1 aliphatic carbocycles. The van der Waals surface area contributed by atoms with Gasteiger partial charge in [0, 0.05) is 28.9 Å². The molecular weight excluding hydrogens is 224 g/mol. The molecule has 4 nitrogen and oxygen atoms in total. The van der Waals surface area contributed by atoms with Gasteiger partial charge in [-0.15, -0.1) is 0 Å². The Hall–Kier alpha value is -0.420. The van der Waals surface area contributed by atoms with Gasteiger partial charge in [-0.05, 0) is 19.8 Å². The van der Waals surface area contributed by atoms with Gasteiger partial charge in [0.2, 0.25) is 5.91 Å². The van der Waals surface area contributed by atoms with E-state index < -0.39 is 10.8 Å². The van der Waals surface area contributed by atoms with Crippen molar-refractivity contribution in [2.24, 2.45) is 0 Å². The molecule has 92 valence electrons. The van der Waals surface area contributed by atoms with Gasteiger partial charge in [-0.3, -0.25) is 14.3 Å². The lowest BCUT2D eigenvalue weighted by molar-refractivity contribution is -0.132. The van der Waals surface area contributed by atoms with E-state index in [-0.39, 0.29) is 16.7 Å².